The molecule has 10 nitrogen and oxygen atoms in total. The van der Waals surface area contributed by atoms with E-state index in [4.69, 9.17) is 25.6 Å². The number of aliphatic hydroxyl groups is 1. The zero-order chi connectivity index (χ0) is 24.4. The number of fused-ring (bicyclic) bond motifs is 2. The molecular formula is C21H29N4O6PS2. The van der Waals surface area contributed by atoms with Crippen LogP contribution >= 0.6 is 17.1 Å². The fraction of sp³-hybridized carbons (Fsp3) is 0.667. The van der Waals surface area contributed by atoms with Crippen molar-refractivity contribution in [2.24, 2.45) is 5.92 Å². The van der Waals surface area contributed by atoms with E-state index in [9.17, 15) is 14.7 Å². The first kappa shape index (κ1) is 24.4. The summed E-state index contributed by atoms with van der Waals surface area (Å²) in [5, 5.41) is 11.3. The van der Waals surface area contributed by atoms with E-state index in [1.54, 1.807) is 11.4 Å². The highest BCUT2D eigenvalue weighted by Crippen LogP contribution is 2.76. The van der Waals surface area contributed by atoms with Crippen LogP contribution in [0.25, 0.3) is 11.2 Å². The van der Waals surface area contributed by atoms with Gasteiger partial charge in [-0.3, -0.25) is 19.3 Å². The highest BCUT2D eigenvalue weighted by atomic mass is 32.9. The summed E-state index contributed by atoms with van der Waals surface area (Å²) in [5.41, 5.74) is -2.65. The maximum Gasteiger partial charge on any atom is 0.327 e. The average Bonchev–Trinajstić information content (AvgIpc) is 3.39. The van der Waals surface area contributed by atoms with E-state index in [1.165, 1.54) is 10.9 Å². The standard InChI is InChI=1S/C21H29N4O6PS2/c1-5-12-16(31-32(33)30-13-8-11(10(2)3)6-7-21(13,4)34-32)15(26)19(29-12)25-9-22-14-17(25)23-20(28)24-18(14)27/h9,11-13,15-16,19,26H,2,5-8H2,1,3-4H3,(H2,23,24,27,28)/t11-,12-,13+,15-,16-,19-,21+,32-/m1/s1. The van der Waals surface area contributed by atoms with Gasteiger partial charge < -0.3 is 18.9 Å². The van der Waals surface area contributed by atoms with Crippen LogP contribution < -0.4 is 11.2 Å². The summed E-state index contributed by atoms with van der Waals surface area (Å²) in [4.78, 5) is 32.7. The number of hydrogen-bond donors (Lipinski definition) is 3. The number of nitrogens with zero attached hydrogens (tertiary/aromatic N) is 2. The Balaban J connectivity index is 1.40. The van der Waals surface area contributed by atoms with Crippen molar-refractivity contribution >= 4 is 40.0 Å². The van der Waals surface area contributed by atoms with Crippen molar-refractivity contribution in [3.05, 3.63) is 39.3 Å². The number of aromatic nitrogens is 4. The van der Waals surface area contributed by atoms with Crippen LogP contribution in [-0.2, 0) is 25.6 Å². The van der Waals surface area contributed by atoms with Gasteiger partial charge in [-0.2, -0.15) is 0 Å². The molecule has 0 spiro atoms. The second-order valence-corrected chi connectivity index (χ2v) is 16.1. The molecule has 0 amide bonds. The van der Waals surface area contributed by atoms with Crippen LogP contribution in [0.2, 0.25) is 0 Å². The van der Waals surface area contributed by atoms with E-state index in [2.05, 4.69) is 35.4 Å². The zero-order valence-corrected chi connectivity index (χ0v) is 21.8. The molecule has 2 aromatic heterocycles. The number of hydrogen-bond acceptors (Lipinski definition) is 9. The lowest BCUT2D eigenvalue weighted by atomic mass is 9.77. The smallest absolute Gasteiger partial charge is 0.327 e. The average molecular weight is 529 g/mol. The molecule has 34 heavy (non-hydrogen) atoms. The third-order valence-electron chi connectivity index (χ3n) is 7.15. The SMILES string of the molecule is C=C(C)[C@@H]1CC[C@]2(C)S[P@@](=S)(O[C@H]3[C@@H](O)[C@H](n4cnc5c(=O)[nH]c(=O)[nH]c54)O[C@@H]3CC)O[C@H]2C1. The van der Waals surface area contributed by atoms with Crippen LogP contribution in [0.4, 0.5) is 0 Å². The Morgan fingerprint density at radius 2 is 2.26 bits per heavy atom. The zero-order valence-electron chi connectivity index (χ0n) is 19.2. The van der Waals surface area contributed by atoms with E-state index in [0.717, 1.165) is 24.8 Å². The van der Waals surface area contributed by atoms with Gasteiger partial charge in [0.2, 0.25) is 5.69 Å². The monoisotopic (exact) mass is 528 g/mol. The number of aliphatic hydroxyl groups excluding tert-OH is 1. The molecule has 8 atom stereocenters. The normalized spacial score (nSPS) is 40.0. The minimum absolute atomic E-state index is 0.0245. The van der Waals surface area contributed by atoms with Crippen molar-refractivity contribution in [2.75, 3.05) is 0 Å². The van der Waals surface area contributed by atoms with Gasteiger partial charge in [0.1, 0.15) is 17.9 Å². The molecule has 0 bridgehead atoms. The van der Waals surface area contributed by atoms with Crippen LogP contribution in [-0.4, -0.2) is 53.8 Å². The predicted octanol–water partition coefficient (Wildman–Crippen LogP) is 2.96. The lowest BCUT2D eigenvalue weighted by Crippen LogP contribution is -2.39. The maximum absolute atomic E-state index is 12.1. The number of H-pyrrole nitrogens is 2. The Kier molecular flexibility index (Phi) is 6.24. The molecule has 3 aliphatic rings. The summed E-state index contributed by atoms with van der Waals surface area (Å²) < 4.78 is 20.3. The summed E-state index contributed by atoms with van der Waals surface area (Å²) >= 11 is 7.52. The van der Waals surface area contributed by atoms with Gasteiger partial charge in [0, 0.05) is 4.75 Å². The van der Waals surface area contributed by atoms with Gasteiger partial charge in [0.05, 0.1) is 18.5 Å². The molecule has 2 aromatic rings. The molecule has 2 aliphatic heterocycles. The van der Waals surface area contributed by atoms with Gasteiger partial charge in [-0.1, -0.05) is 30.5 Å². The fourth-order valence-electron chi connectivity index (χ4n) is 5.14. The first-order valence-electron chi connectivity index (χ1n) is 11.4. The predicted molar refractivity (Wildman–Crippen MR) is 133 cm³/mol. The topological polar surface area (TPSA) is 131 Å². The van der Waals surface area contributed by atoms with Crippen molar-refractivity contribution < 1.29 is 18.9 Å². The minimum Gasteiger partial charge on any atom is -0.386 e. The van der Waals surface area contributed by atoms with Crippen molar-refractivity contribution in [2.45, 2.75) is 81.8 Å². The van der Waals surface area contributed by atoms with E-state index < -0.39 is 41.5 Å². The highest BCUT2D eigenvalue weighted by molar-refractivity contribution is 8.68. The largest absolute Gasteiger partial charge is 0.386 e. The maximum atomic E-state index is 12.1. The summed E-state index contributed by atoms with van der Waals surface area (Å²) in [6.45, 7) is 10.3. The molecule has 0 aromatic carbocycles. The van der Waals surface area contributed by atoms with Crippen molar-refractivity contribution in [1.29, 1.82) is 0 Å². The molecular weight excluding hydrogens is 499 g/mol. The molecule has 3 N–H and O–H groups in total. The number of rotatable bonds is 5. The third kappa shape index (κ3) is 4.07. The fourth-order valence-corrected chi connectivity index (χ4v) is 12.7. The lowest BCUT2D eigenvalue weighted by molar-refractivity contribution is -0.0355. The Morgan fingerprint density at radius 3 is 2.97 bits per heavy atom. The highest BCUT2D eigenvalue weighted by Gasteiger charge is 2.56. The Morgan fingerprint density at radius 1 is 1.50 bits per heavy atom. The second kappa shape index (κ2) is 8.69. The van der Waals surface area contributed by atoms with Gasteiger partial charge in [-0.15, -0.1) is 0 Å². The number of imidazole rings is 1. The third-order valence-corrected chi connectivity index (χ3v) is 12.9. The minimum atomic E-state index is -2.76. The molecule has 3 fully saturated rings. The molecule has 4 heterocycles. The number of ether oxygens (including phenoxy) is 1. The van der Waals surface area contributed by atoms with Gasteiger partial charge in [0.15, 0.2) is 11.7 Å². The van der Waals surface area contributed by atoms with Gasteiger partial charge in [-0.05, 0) is 57.3 Å². The van der Waals surface area contributed by atoms with Crippen LogP contribution in [0.5, 0.6) is 0 Å². The first-order valence-corrected chi connectivity index (χ1v) is 15.4. The summed E-state index contributed by atoms with van der Waals surface area (Å²) in [6.07, 6.45) is 1.61. The quantitative estimate of drug-likeness (QED) is 0.396. The first-order chi connectivity index (χ1) is 16.0. The molecule has 13 heteroatoms. The van der Waals surface area contributed by atoms with Gasteiger partial charge in [0.25, 0.3) is 5.56 Å². The van der Waals surface area contributed by atoms with E-state index in [0.29, 0.717) is 12.3 Å². The van der Waals surface area contributed by atoms with E-state index in [-0.39, 0.29) is 22.0 Å². The van der Waals surface area contributed by atoms with Crippen LogP contribution in [0.3, 0.4) is 0 Å². The molecule has 0 radical (unpaired) electrons. The van der Waals surface area contributed by atoms with E-state index >= 15 is 0 Å². The molecule has 0 unspecified atom stereocenters. The van der Waals surface area contributed by atoms with Crippen LogP contribution in [0.1, 0.15) is 52.7 Å². The second-order valence-electron chi connectivity index (χ2n) is 9.55. The molecule has 186 valence electrons. The summed E-state index contributed by atoms with van der Waals surface area (Å²) in [5.74, 6) is 0.410. The molecule has 5 rings (SSSR count). The summed E-state index contributed by atoms with van der Waals surface area (Å²) in [6, 6.07) is 0. The van der Waals surface area contributed by atoms with Crippen LogP contribution in [0.15, 0.2) is 28.1 Å². The summed E-state index contributed by atoms with van der Waals surface area (Å²) in [7, 11) is 0. The molecule has 1 aliphatic carbocycles. The van der Waals surface area contributed by atoms with E-state index in [1.807, 2.05) is 6.92 Å². The van der Waals surface area contributed by atoms with Crippen LogP contribution in [0, 0.1) is 5.92 Å². The Hall–Kier alpha value is -1.27. The molecule has 1 saturated carbocycles. The van der Waals surface area contributed by atoms with Gasteiger partial charge >= 0.3 is 5.69 Å². The van der Waals surface area contributed by atoms with Gasteiger partial charge in [-0.25, -0.2) is 9.78 Å². The molecule has 2 saturated heterocycles. The number of aromatic amines is 2. The van der Waals surface area contributed by atoms with Crippen molar-refractivity contribution in [3.8, 4) is 0 Å². The number of allylic oxidation sites excluding steroid dienone is 1. The Labute approximate surface area is 205 Å². The van der Waals surface area contributed by atoms with Crippen molar-refractivity contribution in [3.63, 3.8) is 0 Å². The van der Waals surface area contributed by atoms with Crippen molar-refractivity contribution in [1.82, 2.24) is 19.5 Å². The number of nitrogens with one attached hydrogen (secondary N) is 2. The lowest BCUT2D eigenvalue weighted by Gasteiger charge is -2.37. The Bertz CT molecular complexity index is 1290.